The number of aryl methyl sites for hydroxylation is 3. The van der Waals surface area contributed by atoms with Crippen molar-refractivity contribution < 1.29 is 4.79 Å². The van der Waals surface area contributed by atoms with Crippen LogP contribution in [-0.4, -0.2) is 20.7 Å². The minimum Gasteiger partial charge on any atom is -0.346 e. The van der Waals surface area contributed by atoms with Crippen molar-refractivity contribution in [2.75, 3.05) is 0 Å². The van der Waals surface area contributed by atoms with E-state index in [1.165, 1.54) is 0 Å². The van der Waals surface area contributed by atoms with Crippen LogP contribution in [0.25, 0.3) is 0 Å². The number of nitrogens with zero attached hydrogens (tertiary/aromatic N) is 3. The van der Waals surface area contributed by atoms with Crippen molar-refractivity contribution in [1.82, 2.24) is 20.1 Å². The number of benzene rings is 1. The lowest BCUT2D eigenvalue weighted by molar-refractivity contribution is 0.0950. The van der Waals surface area contributed by atoms with Crippen molar-refractivity contribution in [2.24, 2.45) is 0 Å². The van der Waals surface area contributed by atoms with Crippen molar-refractivity contribution in [3.8, 4) is 0 Å². The third-order valence-corrected chi connectivity index (χ3v) is 4.00. The quantitative estimate of drug-likeness (QED) is 0.779. The first-order chi connectivity index (χ1) is 12.0. The molecule has 0 saturated heterocycles. The molecule has 5 heteroatoms. The Balaban J connectivity index is 1.68. The summed E-state index contributed by atoms with van der Waals surface area (Å²) >= 11 is 0. The molecule has 1 N–H and O–H groups in total. The fourth-order valence-corrected chi connectivity index (χ4v) is 2.79. The summed E-state index contributed by atoms with van der Waals surface area (Å²) in [6.45, 7) is 7.02. The Bertz CT molecular complexity index is 898. The number of rotatable bonds is 5. The van der Waals surface area contributed by atoms with E-state index >= 15 is 0 Å². The number of hydrogen-bond donors (Lipinski definition) is 1. The molecule has 0 aliphatic rings. The van der Waals surface area contributed by atoms with Gasteiger partial charge in [-0.05, 0) is 56.7 Å². The zero-order valence-corrected chi connectivity index (χ0v) is 14.8. The van der Waals surface area contributed by atoms with Gasteiger partial charge in [-0.25, -0.2) is 0 Å². The van der Waals surface area contributed by atoms with Crippen LogP contribution in [0, 0.1) is 20.8 Å². The van der Waals surface area contributed by atoms with Crippen LogP contribution in [0.5, 0.6) is 0 Å². The molecule has 128 valence electrons. The second-order valence-corrected chi connectivity index (χ2v) is 6.24. The van der Waals surface area contributed by atoms with Crippen molar-refractivity contribution in [3.63, 3.8) is 0 Å². The van der Waals surface area contributed by atoms with Gasteiger partial charge in [-0.3, -0.25) is 14.5 Å². The maximum atomic E-state index is 12.4. The molecule has 0 saturated carbocycles. The van der Waals surface area contributed by atoms with Crippen LogP contribution in [-0.2, 0) is 13.1 Å². The van der Waals surface area contributed by atoms with Crippen LogP contribution >= 0.6 is 0 Å². The van der Waals surface area contributed by atoms with Crippen molar-refractivity contribution >= 4 is 5.91 Å². The van der Waals surface area contributed by atoms with Gasteiger partial charge in [0.1, 0.15) is 0 Å². The molecule has 0 spiro atoms. The number of amides is 1. The van der Waals surface area contributed by atoms with E-state index in [4.69, 9.17) is 0 Å². The number of nitrogens with one attached hydrogen (secondary N) is 1. The number of pyridine rings is 1. The molecule has 2 heterocycles. The van der Waals surface area contributed by atoms with Crippen LogP contribution in [0.15, 0.2) is 48.5 Å². The molecule has 0 unspecified atom stereocenters. The first kappa shape index (κ1) is 16.9. The van der Waals surface area contributed by atoms with Crippen molar-refractivity contribution in [3.05, 3.63) is 82.4 Å². The summed E-state index contributed by atoms with van der Waals surface area (Å²) in [6, 6.07) is 15.5. The predicted octanol–water partition coefficient (Wildman–Crippen LogP) is 3.18. The molecule has 0 fully saturated rings. The molecule has 3 rings (SSSR count). The van der Waals surface area contributed by atoms with E-state index in [0.717, 1.165) is 28.3 Å². The molecule has 2 aromatic heterocycles. The van der Waals surface area contributed by atoms with Crippen LogP contribution in [0.1, 0.15) is 38.7 Å². The normalized spacial score (nSPS) is 10.7. The Hall–Kier alpha value is -2.95. The molecule has 0 bridgehead atoms. The fourth-order valence-electron chi connectivity index (χ4n) is 2.79. The third kappa shape index (κ3) is 4.32. The van der Waals surface area contributed by atoms with Crippen LogP contribution in [0.4, 0.5) is 0 Å². The first-order valence-corrected chi connectivity index (χ1v) is 8.32. The Morgan fingerprint density at radius 1 is 1.04 bits per heavy atom. The van der Waals surface area contributed by atoms with Crippen LogP contribution in [0.2, 0.25) is 0 Å². The van der Waals surface area contributed by atoms with Gasteiger partial charge in [-0.1, -0.05) is 18.2 Å². The smallest absolute Gasteiger partial charge is 0.251 e. The maximum absolute atomic E-state index is 12.4. The Labute approximate surface area is 147 Å². The second-order valence-electron chi connectivity index (χ2n) is 6.24. The van der Waals surface area contributed by atoms with Crippen LogP contribution in [0.3, 0.4) is 0 Å². The van der Waals surface area contributed by atoms with Gasteiger partial charge >= 0.3 is 0 Å². The summed E-state index contributed by atoms with van der Waals surface area (Å²) in [5, 5.41) is 7.40. The van der Waals surface area contributed by atoms with Gasteiger partial charge in [0.2, 0.25) is 0 Å². The highest BCUT2D eigenvalue weighted by Gasteiger charge is 2.08. The van der Waals surface area contributed by atoms with E-state index in [9.17, 15) is 4.79 Å². The van der Waals surface area contributed by atoms with Gasteiger partial charge in [0.05, 0.1) is 24.5 Å². The van der Waals surface area contributed by atoms with Crippen molar-refractivity contribution in [1.29, 1.82) is 0 Å². The minimum absolute atomic E-state index is 0.0986. The van der Waals surface area contributed by atoms with Gasteiger partial charge in [0.25, 0.3) is 5.91 Å². The molecular weight excluding hydrogens is 312 g/mol. The third-order valence-electron chi connectivity index (χ3n) is 4.00. The van der Waals surface area contributed by atoms with Gasteiger partial charge in [-0.15, -0.1) is 0 Å². The average molecular weight is 334 g/mol. The summed E-state index contributed by atoms with van der Waals surface area (Å²) in [4.78, 5) is 16.8. The van der Waals surface area contributed by atoms with Crippen molar-refractivity contribution in [2.45, 2.75) is 33.9 Å². The Morgan fingerprint density at radius 3 is 2.56 bits per heavy atom. The zero-order chi connectivity index (χ0) is 17.8. The highest BCUT2D eigenvalue weighted by molar-refractivity contribution is 5.94. The largest absolute Gasteiger partial charge is 0.346 e. The maximum Gasteiger partial charge on any atom is 0.251 e. The fraction of sp³-hybridized carbons (Fsp3) is 0.250. The molecule has 3 aromatic rings. The summed E-state index contributed by atoms with van der Waals surface area (Å²) in [5.74, 6) is -0.0986. The summed E-state index contributed by atoms with van der Waals surface area (Å²) < 4.78 is 1.95. The molecule has 0 aliphatic carbocycles. The van der Waals surface area contributed by atoms with Gasteiger partial charge in [0, 0.05) is 17.0 Å². The molecule has 1 amide bonds. The molecule has 0 radical (unpaired) electrons. The molecule has 0 atom stereocenters. The SMILES string of the molecule is Cc1cccc(CNC(=O)c2cccc(Cn3nc(C)cc3C)c2)n1. The standard InChI is InChI=1S/C20H22N4O/c1-14-6-4-9-19(22-14)12-21-20(25)18-8-5-7-17(11-18)13-24-16(3)10-15(2)23-24/h4-11H,12-13H2,1-3H3,(H,21,25). The first-order valence-electron chi connectivity index (χ1n) is 8.32. The average Bonchev–Trinajstić information content (AvgIpc) is 2.90. The Kier molecular flexibility index (Phi) is 4.93. The lowest BCUT2D eigenvalue weighted by Crippen LogP contribution is -2.23. The van der Waals surface area contributed by atoms with E-state index in [1.54, 1.807) is 0 Å². The molecule has 1 aromatic carbocycles. The monoisotopic (exact) mass is 334 g/mol. The van der Waals surface area contributed by atoms with Crippen LogP contribution < -0.4 is 5.32 Å². The topological polar surface area (TPSA) is 59.8 Å². The molecule has 5 nitrogen and oxygen atoms in total. The van der Waals surface area contributed by atoms with E-state index < -0.39 is 0 Å². The van der Waals surface area contributed by atoms with Gasteiger partial charge < -0.3 is 5.32 Å². The van der Waals surface area contributed by atoms with E-state index in [2.05, 4.69) is 15.4 Å². The van der Waals surface area contributed by atoms with Gasteiger partial charge in [-0.2, -0.15) is 5.10 Å². The Morgan fingerprint density at radius 2 is 1.84 bits per heavy atom. The number of carbonyl (C=O) groups excluding carboxylic acids is 1. The highest BCUT2D eigenvalue weighted by atomic mass is 16.1. The minimum atomic E-state index is -0.0986. The lowest BCUT2D eigenvalue weighted by atomic mass is 10.1. The predicted molar refractivity (Wildman–Crippen MR) is 97.4 cm³/mol. The van der Waals surface area contributed by atoms with E-state index in [-0.39, 0.29) is 5.91 Å². The van der Waals surface area contributed by atoms with E-state index in [0.29, 0.717) is 18.7 Å². The molecule has 0 aliphatic heterocycles. The number of aromatic nitrogens is 3. The number of hydrogen-bond acceptors (Lipinski definition) is 3. The molecule has 25 heavy (non-hydrogen) atoms. The summed E-state index contributed by atoms with van der Waals surface area (Å²) in [7, 11) is 0. The van der Waals surface area contributed by atoms with E-state index in [1.807, 2.05) is 74.0 Å². The lowest BCUT2D eigenvalue weighted by Gasteiger charge is -2.08. The summed E-state index contributed by atoms with van der Waals surface area (Å²) in [5.41, 5.74) is 5.60. The zero-order valence-electron chi connectivity index (χ0n) is 14.8. The highest BCUT2D eigenvalue weighted by Crippen LogP contribution is 2.10. The van der Waals surface area contributed by atoms with Gasteiger partial charge in [0.15, 0.2) is 0 Å². The second kappa shape index (κ2) is 7.30. The molecular formula is C20H22N4O. The number of carbonyl (C=O) groups is 1. The summed E-state index contributed by atoms with van der Waals surface area (Å²) in [6.07, 6.45) is 0.